The summed E-state index contributed by atoms with van der Waals surface area (Å²) in [6.45, 7) is 1.49. The highest BCUT2D eigenvalue weighted by atomic mass is 19.3. The highest BCUT2D eigenvalue weighted by molar-refractivity contribution is 5.26. The molecule has 2 aliphatic rings. The Bertz CT molecular complexity index is 494. The Hall–Kier alpha value is -1.26. The fourth-order valence-corrected chi connectivity index (χ4v) is 3.40. The van der Waals surface area contributed by atoms with E-state index in [0.717, 1.165) is 57.0 Å². The fourth-order valence-electron chi connectivity index (χ4n) is 3.40. The molecular formula is C18H22F2O2. The van der Waals surface area contributed by atoms with Gasteiger partial charge in [0.05, 0.1) is 13.2 Å². The maximum Gasteiger partial charge on any atom is 0.266 e. The third kappa shape index (κ3) is 3.93. The first-order chi connectivity index (χ1) is 10.7. The molecule has 1 saturated heterocycles. The van der Waals surface area contributed by atoms with Crippen molar-refractivity contribution in [2.45, 2.75) is 44.3 Å². The summed E-state index contributed by atoms with van der Waals surface area (Å²) in [6, 6.07) is 8.40. The second-order valence-electron chi connectivity index (χ2n) is 6.16. The summed E-state index contributed by atoms with van der Waals surface area (Å²) >= 11 is 0. The van der Waals surface area contributed by atoms with E-state index < -0.39 is 6.08 Å². The number of allylic oxidation sites excluding steroid dienone is 1. The molecule has 0 unspecified atom stereocenters. The summed E-state index contributed by atoms with van der Waals surface area (Å²) in [5.74, 6) is 0.527. The molecule has 1 aliphatic heterocycles. The summed E-state index contributed by atoms with van der Waals surface area (Å²) in [5, 5.41) is 0. The van der Waals surface area contributed by atoms with E-state index in [1.165, 1.54) is 5.56 Å². The number of halogens is 2. The van der Waals surface area contributed by atoms with E-state index in [1.54, 1.807) is 0 Å². The van der Waals surface area contributed by atoms with Crippen LogP contribution in [0.5, 0.6) is 0 Å². The Balaban J connectivity index is 1.58. The number of benzene rings is 1. The first-order valence-electron chi connectivity index (χ1n) is 8.08. The number of hydrogen-bond donors (Lipinski definition) is 0. The van der Waals surface area contributed by atoms with Crippen molar-refractivity contribution in [3.8, 4) is 0 Å². The van der Waals surface area contributed by atoms with E-state index in [-0.39, 0.29) is 12.2 Å². The third-order valence-corrected chi connectivity index (χ3v) is 4.64. The highest BCUT2D eigenvalue weighted by Crippen LogP contribution is 2.37. The van der Waals surface area contributed by atoms with Gasteiger partial charge in [-0.3, -0.25) is 0 Å². The number of hydrogen-bond acceptors (Lipinski definition) is 2. The molecule has 0 atom stereocenters. The van der Waals surface area contributed by atoms with Crippen molar-refractivity contribution in [1.29, 1.82) is 0 Å². The van der Waals surface area contributed by atoms with Crippen LogP contribution in [0.4, 0.5) is 8.78 Å². The van der Waals surface area contributed by atoms with Crippen molar-refractivity contribution in [3.63, 3.8) is 0 Å². The Morgan fingerprint density at radius 2 is 1.50 bits per heavy atom. The lowest BCUT2D eigenvalue weighted by Gasteiger charge is -2.27. The molecule has 0 spiro atoms. The molecule has 0 N–H and O–H groups in total. The van der Waals surface area contributed by atoms with Gasteiger partial charge in [0.25, 0.3) is 6.08 Å². The molecule has 2 fully saturated rings. The van der Waals surface area contributed by atoms with Crippen LogP contribution in [-0.2, 0) is 9.47 Å². The minimum Gasteiger partial charge on any atom is -0.348 e. The average molecular weight is 308 g/mol. The molecule has 0 radical (unpaired) electrons. The van der Waals surface area contributed by atoms with E-state index in [2.05, 4.69) is 24.3 Å². The van der Waals surface area contributed by atoms with Crippen LogP contribution in [0.1, 0.15) is 55.4 Å². The molecule has 3 rings (SSSR count). The lowest BCUT2D eigenvalue weighted by molar-refractivity contribution is -0.183. The largest absolute Gasteiger partial charge is 0.348 e. The molecule has 0 aromatic heterocycles. The van der Waals surface area contributed by atoms with Gasteiger partial charge in [0, 0.05) is 5.56 Å². The van der Waals surface area contributed by atoms with Gasteiger partial charge in [-0.25, -0.2) is 0 Å². The van der Waals surface area contributed by atoms with Gasteiger partial charge in [-0.2, -0.15) is 8.78 Å². The van der Waals surface area contributed by atoms with Gasteiger partial charge in [-0.1, -0.05) is 24.3 Å². The van der Waals surface area contributed by atoms with Crippen LogP contribution < -0.4 is 0 Å². The molecule has 1 aliphatic carbocycles. The molecule has 1 heterocycles. The normalized spacial score (nSPS) is 26.6. The van der Waals surface area contributed by atoms with Gasteiger partial charge in [0.1, 0.15) is 0 Å². The third-order valence-electron chi connectivity index (χ3n) is 4.64. The van der Waals surface area contributed by atoms with E-state index in [4.69, 9.17) is 9.47 Å². The van der Waals surface area contributed by atoms with Crippen molar-refractivity contribution in [3.05, 3.63) is 47.5 Å². The van der Waals surface area contributed by atoms with Crippen LogP contribution in [0.3, 0.4) is 0 Å². The van der Waals surface area contributed by atoms with E-state index >= 15 is 0 Å². The molecule has 0 bridgehead atoms. The summed E-state index contributed by atoms with van der Waals surface area (Å²) in [7, 11) is 0. The van der Waals surface area contributed by atoms with Crippen molar-refractivity contribution in [1.82, 2.24) is 0 Å². The topological polar surface area (TPSA) is 18.5 Å². The smallest absolute Gasteiger partial charge is 0.266 e. The fraction of sp³-hybridized carbons (Fsp3) is 0.556. The summed E-state index contributed by atoms with van der Waals surface area (Å²) in [5.41, 5.74) is 2.35. The van der Waals surface area contributed by atoms with Crippen LogP contribution in [-0.4, -0.2) is 13.2 Å². The van der Waals surface area contributed by atoms with Crippen LogP contribution >= 0.6 is 0 Å². The molecule has 2 nitrogen and oxygen atoms in total. The van der Waals surface area contributed by atoms with Crippen LogP contribution in [0.15, 0.2) is 36.4 Å². The van der Waals surface area contributed by atoms with Gasteiger partial charge in [0.2, 0.25) is 0 Å². The van der Waals surface area contributed by atoms with E-state index in [1.807, 2.05) is 0 Å². The van der Waals surface area contributed by atoms with Crippen LogP contribution in [0.2, 0.25) is 0 Å². The van der Waals surface area contributed by atoms with Crippen molar-refractivity contribution >= 4 is 0 Å². The van der Waals surface area contributed by atoms with Gasteiger partial charge < -0.3 is 9.47 Å². The number of rotatable bonds is 3. The predicted molar refractivity (Wildman–Crippen MR) is 80.7 cm³/mol. The van der Waals surface area contributed by atoms with Crippen molar-refractivity contribution in [2.75, 3.05) is 13.2 Å². The minimum atomic E-state index is -1.54. The quantitative estimate of drug-likeness (QED) is 0.766. The average Bonchev–Trinajstić information content (AvgIpc) is 2.56. The zero-order valence-electron chi connectivity index (χ0n) is 12.6. The summed E-state index contributed by atoms with van der Waals surface area (Å²) < 4.78 is 35.8. The zero-order chi connectivity index (χ0) is 15.4. The summed E-state index contributed by atoms with van der Waals surface area (Å²) in [6.07, 6.45) is 3.94. The monoisotopic (exact) mass is 308 g/mol. The maximum atomic E-state index is 12.3. The SMILES string of the molecule is FC(F)=C[C@H]1CC[C@H](c2ccc(C3OCCCO3)cc2)CC1. The van der Waals surface area contributed by atoms with Gasteiger partial charge in [0.15, 0.2) is 6.29 Å². The van der Waals surface area contributed by atoms with Gasteiger partial charge >= 0.3 is 0 Å². The molecule has 1 saturated carbocycles. The molecule has 0 amide bonds. The Labute approximate surface area is 130 Å². The molecule has 1 aromatic carbocycles. The minimum absolute atomic E-state index is 0.0459. The second-order valence-corrected chi connectivity index (χ2v) is 6.16. The predicted octanol–water partition coefficient (Wildman–Crippen LogP) is 5.18. The van der Waals surface area contributed by atoms with Crippen LogP contribution in [0, 0.1) is 5.92 Å². The van der Waals surface area contributed by atoms with Crippen molar-refractivity contribution < 1.29 is 18.3 Å². The lowest BCUT2D eigenvalue weighted by atomic mass is 9.78. The Morgan fingerprint density at radius 1 is 0.909 bits per heavy atom. The van der Waals surface area contributed by atoms with E-state index in [0.29, 0.717) is 5.92 Å². The number of ether oxygens (including phenoxy) is 2. The van der Waals surface area contributed by atoms with Gasteiger partial charge in [-0.05, 0) is 55.6 Å². The first kappa shape index (κ1) is 15.6. The molecule has 120 valence electrons. The Morgan fingerprint density at radius 3 is 2.09 bits per heavy atom. The maximum absolute atomic E-state index is 12.3. The van der Waals surface area contributed by atoms with E-state index in [9.17, 15) is 8.78 Å². The van der Waals surface area contributed by atoms with Gasteiger partial charge in [-0.15, -0.1) is 0 Å². The lowest BCUT2D eigenvalue weighted by Crippen LogP contribution is -2.17. The Kier molecular flexibility index (Phi) is 5.21. The van der Waals surface area contributed by atoms with Crippen LogP contribution in [0.25, 0.3) is 0 Å². The second kappa shape index (κ2) is 7.34. The summed E-state index contributed by atoms with van der Waals surface area (Å²) in [4.78, 5) is 0. The standard InChI is InChI=1S/C18H22F2O2/c19-17(20)12-13-2-4-14(5-3-13)15-6-8-16(9-7-15)18-21-10-1-11-22-18/h6-9,12-14,18H,1-5,10-11H2/t13-,14-. The molecule has 1 aromatic rings. The highest BCUT2D eigenvalue weighted by Gasteiger charge is 2.22. The zero-order valence-corrected chi connectivity index (χ0v) is 12.6. The molecule has 22 heavy (non-hydrogen) atoms. The van der Waals surface area contributed by atoms with Crippen molar-refractivity contribution in [2.24, 2.45) is 5.92 Å². The first-order valence-corrected chi connectivity index (χ1v) is 8.08. The molecular weight excluding hydrogens is 286 g/mol. The molecule has 4 heteroatoms.